The number of aliphatic hydroxyl groups excluding tert-OH is 1. The third-order valence-corrected chi connectivity index (χ3v) is 4.42. The molecule has 1 fully saturated rings. The second-order valence-corrected chi connectivity index (χ2v) is 5.91. The van der Waals surface area contributed by atoms with Crippen molar-refractivity contribution in [2.75, 3.05) is 16.8 Å². The first-order chi connectivity index (χ1) is 9.63. The zero-order valence-corrected chi connectivity index (χ0v) is 11.9. The molecular weight excluding hydrogens is 252 g/mol. The number of fused-ring (bicyclic) bond motifs is 1. The number of anilines is 2. The van der Waals surface area contributed by atoms with E-state index in [2.05, 4.69) is 17.4 Å². The van der Waals surface area contributed by atoms with Crippen LogP contribution in [0, 0.1) is 0 Å². The standard InChI is InChI=1S/C16H22N2O2/c1-11(19)18-9-8-12-10-14(4-7-16(12)18)17-13-2-5-15(20)6-3-13/h4,7,10,13,15,17,20H,2-3,5-6,8-9H2,1H3. The second kappa shape index (κ2) is 5.44. The van der Waals surface area contributed by atoms with E-state index in [1.54, 1.807) is 6.92 Å². The van der Waals surface area contributed by atoms with E-state index in [-0.39, 0.29) is 12.0 Å². The molecule has 3 rings (SSSR count). The molecule has 0 spiro atoms. The average Bonchev–Trinajstić information content (AvgIpc) is 2.84. The molecule has 1 aromatic rings. The Balaban J connectivity index is 1.69. The molecule has 2 N–H and O–H groups in total. The van der Waals surface area contributed by atoms with E-state index in [4.69, 9.17) is 0 Å². The summed E-state index contributed by atoms with van der Waals surface area (Å²) in [6.45, 7) is 2.42. The SMILES string of the molecule is CC(=O)N1CCc2cc(NC3CCC(O)CC3)ccc21. The Labute approximate surface area is 119 Å². The maximum atomic E-state index is 11.5. The number of amides is 1. The number of nitrogens with zero attached hydrogens (tertiary/aromatic N) is 1. The van der Waals surface area contributed by atoms with Gasteiger partial charge in [-0.3, -0.25) is 4.79 Å². The molecule has 4 heteroatoms. The number of hydrogen-bond acceptors (Lipinski definition) is 3. The summed E-state index contributed by atoms with van der Waals surface area (Å²) in [6, 6.07) is 6.74. The molecule has 0 saturated heterocycles. The van der Waals surface area contributed by atoms with Crippen molar-refractivity contribution in [3.8, 4) is 0 Å². The van der Waals surface area contributed by atoms with Gasteiger partial charge >= 0.3 is 0 Å². The van der Waals surface area contributed by atoms with Crippen molar-refractivity contribution in [1.29, 1.82) is 0 Å². The summed E-state index contributed by atoms with van der Waals surface area (Å²) in [4.78, 5) is 13.4. The fraction of sp³-hybridized carbons (Fsp3) is 0.562. The van der Waals surface area contributed by atoms with Crippen LogP contribution in [0.15, 0.2) is 18.2 Å². The number of hydrogen-bond donors (Lipinski definition) is 2. The highest BCUT2D eigenvalue weighted by molar-refractivity contribution is 5.94. The van der Waals surface area contributed by atoms with Crippen LogP contribution in [-0.2, 0) is 11.2 Å². The number of benzene rings is 1. The van der Waals surface area contributed by atoms with E-state index in [1.165, 1.54) is 5.56 Å². The first kappa shape index (κ1) is 13.4. The van der Waals surface area contributed by atoms with Crippen LogP contribution in [0.25, 0.3) is 0 Å². The van der Waals surface area contributed by atoms with Crippen molar-refractivity contribution in [2.24, 2.45) is 0 Å². The molecule has 1 aliphatic heterocycles. The molecule has 0 aromatic heterocycles. The van der Waals surface area contributed by atoms with Crippen molar-refractivity contribution in [1.82, 2.24) is 0 Å². The summed E-state index contributed by atoms with van der Waals surface area (Å²) in [5, 5.41) is 13.1. The van der Waals surface area contributed by atoms with Crippen molar-refractivity contribution < 1.29 is 9.90 Å². The molecule has 1 aromatic carbocycles. The fourth-order valence-corrected chi connectivity index (χ4v) is 3.27. The topological polar surface area (TPSA) is 52.6 Å². The lowest BCUT2D eigenvalue weighted by atomic mass is 9.93. The lowest BCUT2D eigenvalue weighted by Crippen LogP contribution is -2.28. The molecule has 1 amide bonds. The molecule has 1 aliphatic carbocycles. The normalized spacial score (nSPS) is 25.4. The van der Waals surface area contributed by atoms with Gasteiger partial charge in [0.1, 0.15) is 0 Å². The van der Waals surface area contributed by atoms with Crippen LogP contribution in [0.4, 0.5) is 11.4 Å². The quantitative estimate of drug-likeness (QED) is 0.870. The summed E-state index contributed by atoms with van der Waals surface area (Å²) in [6.07, 6.45) is 4.66. The van der Waals surface area contributed by atoms with E-state index >= 15 is 0 Å². The molecule has 4 nitrogen and oxygen atoms in total. The number of carbonyl (C=O) groups is 1. The summed E-state index contributed by atoms with van der Waals surface area (Å²) in [5.74, 6) is 0.116. The van der Waals surface area contributed by atoms with Crippen LogP contribution >= 0.6 is 0 Å². The van der Waals surface area contributed by atoms with Gasteiger partial charge in [-0.1, -0.05) is 0 Å². The zero-order valence-electron chi connectivity index (χ0n) is 11.9. The summed E-state index contributed by atoms with van der Waals surface area (Å²) < 4.78 is 0. The molecule has 0 atom stereocenters. The molecule has 0 bridgehead atoms. The molecule has 108 valence electrons. The Morgan fingerprint density at radius 1 is 1.30 bits per heavy atom. The monoisotopic (exact) mass is 274 g/mol. The summed E-state index contributed by atoms with van der Waals surface area (Å²) >= 11 is 0. The highest BCUT2D eigenvalue weighted by Crippen LogP contribution is 2.31. The summed E-state index contributed by atoms with van der Waals surface area (Å²) in [5.41, 5.74) is 3.44. The van der Waals surface area contributed by atoms with Gasteiger partial charge in [0, 0.05) is 30.9 Å². The highest BCUT2D eigenvalue weighted by Gasteiger charge is 2.23. The number of aliphatic hydroxyl groups is 1. The first-order valence-electron chi connectivity index (χ1n) is 7.49. The van der Waals surface area contributed by atoms with Crippen LogP contribution in [0.1, 0.15) is 38.2 Å². The third-order valence-electron chi connectivity index (χ3n) is 4.42. The van der Waals surface area contributed by atoms with E-state index in [9.17, 15) is 9.90 Å². The number of nitrogens with one attached hydrogen (secondary N) is 1. The lowest BCUT2D eigenvalue weighted by molar-refractivity contribution is -0.116. The molecule has 20 heavy (non-hydrogen) atoms. The smallest absolute Gasteiger partial charge is 0.223 e. The maximum Gasteiger partial charge on any atom is 0.223 e. The molecule has 2 aliphatic rings. The van der Waals surface area contributed by atoms with Gasteiger partial charge in [-0.05, 0) is 55.9 Å². The minimum absolute atomic E-state index is 0.114. The van der Waals surface area contributed by atoms with Crippen LogP contribution < -0.4 is 10.2 Å². The number of carbonyl (C=O) groups excluding carboxylic acids is 1. The second-order valence-electron chi connectivity index (χ2n) is 5.91. The molecule has 0 unspecified atom stereocenters. The lowest BCUT2D eigenvalue weighted by Gasteiger charge is -2.27. The van der Waals surface area contributed by atoms with Crippen molar-refractivity contribution in [3.05, 3.63) is 23.8 Å². The largest absolute Gasteiger partial charge is 0.393 e. The maximum absolute atomic E-state index is 11.5. The van der Waals surface area contributed by atoms with Crippen molar-refractivity contribution in [2.45, 2.75) is 51.2 Å². The van der Waals surface area contributed by atoms with E-state index < -0.39 is 0 Å². The van der Waals surface area contributed by atoms with Gasteiger partial charge in [0.25, 0.3) is 0 Å². The highest BCUT2D eigenvalue weighted by atomic mass is 16.3. The zero-order chi connectivity index (χ0) is 14.1. The van der Waals surface area contributed by atoms with Gasteiger partial charge in [-0.2, -0.15) is 0 Å². The summed E-state index contributed by atoms with van der Waals surface area (Å²) in [7, 11) is 0. The Hall–Kier alpha value is -1.55. The molecular formula is C16H22N2O2. The Kier molecular flexibility index (Phi) is 3.66. The number of rotatable bonds is 2. The van der Waals surface area contributed by atoms with Crippen LogP contribution in [0.2, 0.25) is 0 Å². The minimum Gasteiger partial charge on any atom is -0.393 e. The van der Waals surface area contributed by atoms with E-state index in [1.807, 2.05) is 11.0 Å². The van der Waals surface area contributed by atoms with Crippen molar-refractivity contribution in [3.63, 3.8) is 0 Å². The molecule has 1 saturated carbocycles. The average molecular weight is 274 g/mol. The van der Waals surface area contributed by atoms with Gasteiger partial charge in [-0.15, -0.1) is 0 Å². The predicted octanol–water partition coefficient (Wildman–Crippen LogP) is 2.31. The Morgan fingerprint density at radius 2 is 2.05 bits per heavy atom. The molecule has 1 heterocycles. The Bertz CT molecular complexity index is 507. The van der Waals surface area contributed by atoms with Gasteiger partial charge in [0.15, 0.2) is 0 Å². The van der Waals surface area contributed by atoms with Gasteiger partial charge in [-0.25, -0.2) is 0 Å². The van der Waals surface area contributed by atoms with Crippen LogP contribution in [-0.4, -0.2) is 29.7 Å². The van der Waals surface area contributed by atoms with Crippen molar-refractivity contribution >= 4 is 17.3 Å². The fourth-order valence-electron chi connectivity index (χ4n) is 3.27. The van der Waals surface area contributed by atoms with E-state index in [0.29, 0.717) is 6.04 Å². The van der Waals surface area contributed by atoms with E-state index in [0.717, 1.165) is 50.0 Å². The van der Waals surface area contributed by atoms with Gasteiger partial charge in [0.2, 0.25) is 5.91 Å². The molecule has 0 radical (unpaired) electrons. The minimum atomic E-state index is -0.114. The Morgan fingerprint density at radius 3 is 2.75 bits per heavy atom. The third kappa shape index (κ3) is 2.66. The predicted molar refractivity (Wildman–Crippen MR) is 80.1 cm³/mol. The van der Waals surface area contributed by atoms with Gasteiger partial charge < -0.3 is 15.3 Å². The van der Waals surface area contributed by atoms with Crippen LogP contribution in [0.5, 0.6) is 0 Å². The van der Waals surface area contributed by atoms with Gasteiger partial charge in [0.05, 0.1) is 6.10 Å². The van der Waals surface area contributed by atoms with Crippen LogP contribution in [0.3, 0.4) is 0 Å². The first-order valence-corrected chi connectivity index (χ1v) is 7.49.